The molecule has 0 aliphatic carbocycles. The Bertz CT molecular complexity index is 1420. The van der Waals surface area contributed by atoms with Gasteiger partial charge in [-0.25, -0.2) is 8.42 Å². The van der Waals surface area contributed by atoms with Gasteiger partial charge in [-0.3, -0.25) is 9.59 Å². The summed E-state index contributed by atoms with van der Waals surface area (Å²) in [5.74, 6) is -1.75. The Labute approximate surface area is 209 Å². The fraction of sp³-hybridized carbons (Fsp3) is 0.185. The maximum absolute atomic E-state index is 14.0. The molecule has 1 atom stereocenters. The maximum atomic E-state index is 14.0. The van der Waals surface area contributed by atoms with E-state index in [0.29, 0.717) is 17.5 Å². The number of rotatable bonds is 6. The Morgan fingerprint density at radius 1 is 0.833 bits per heavy atom. The highest BCUT2D eigenvalue weighted by molar-refractivity contribution is 7.89. The number of ether oxygens (including phenoxy) is 1. The van der Waals surface area contributed by atoms with Crippen molar-refractivity contribution >= 4 is 21.7 Å². The molecule has 1 saturated heterocycles. The molecule has 184 valence electrons. The molecule has 0 aromatic heterocycles. The van der Waals surface area contributed by atoms with E-state index in [-0.39, 0.29) is 40.4 Å². The summed E-state index contributed by atoms with van der Waals surface area (Å²) in [6.45, 7) is 1.12. The first-order valence-corrected chi connectivity index (χ1v) is 12.9. The fourth-order valence-electron chi connectivity index (χ4n) is 4.63. The average Bonchev–Trinajstić information content (AvgIpc) is 3.18. The summed E-state index contributed by atoms with van der Waals surface area (Å²) in [6.07, 6.45) is 0. The Morgan fingerprint density at radius 2 is 1.36 bits per heavy atom. The molecule has 2 aliphatic heterocycles. The predicted octanol–water partition coefficient (Wildman–Crippen LogP) is 2.53. The van der Waals surface area contributed by atoms with Crippen LogP contribution in [-0.2, 0) is 25.3 Å². The highest BCUT2D eigenvalue weighted by atomic mass is 32.2. The fourth-order valence-corrected chi connectivity index (χ4v) is 6.19. The molecule has 1 amide bonds. The summed E-state index contributed by atoms with van der Waals surface area (Å²) in [6, 6.07) is 23.6. The highest BCUT2D eigenvalue weighted by Crippen LogP contribution is 2.47. The summed E-state index contributed by atoms with van der Waals surface area (Å²) < 4.78 is 33.8. The zero-order chi connectivity index (χ0) is 25.3. The van der Waals surface area contributed by atoms with Gasteiger partial charge < -0.3 is 14.7 Å². The third-order valence-corrected chi connectivity index (χ3v) is 8.09. The van der Waals surface area contributed by atoms with Crippen LogP contribution in [0.5, 0.6) is 0 Å². The van der Waals surface area contributed by atoms with E-state index in [2.05, 4.69) is 0 Å². The van der Waals surface area contributed by atoms with Crippen LogP contribution in [0.25, 0.3) is 0 Å². The first-order chi connectivity index (χ1) is 17.4. The lowest BCUT2D eigenvalue weighted by Crippen LogP contribution is -2.53. The van der Waals surface area contributed by atoms with E-state index < -0.39 is 27.4 Å². The van der Waals surface area contributed by atoms with Gasteiger partial charge in [-0.2, -0.15) is 4.31 Å². The predicted molar refractivity (Wildman–Crippen MR) is 131 cm³/mol. The average molecular weight is 505 g/mol. The summed E-state index contributed by atoms with van der Waals surface area (Å²) in [5.41, 5.74) is -2.54. The molecule has 3 aromatic rings. The lowest BCUT2D eigenvalue weighted by molar-refractivity contribution is -0.133. The van der Waals surface area contributed by atoms with Crippen molar-refractivity contribution in [2.75, 3.05) is 26.3 Å². The minimum absolute atomic E-state index is 0.0599. The van der Waals surface area contributed by atoms with E-state index >= 15 is 0 Å². The van der Waals surface area contributed by atoms with E-state index in [1.165, 1.54) is 36.4 Å². The van der Waals surface area contributed by atoms with Crippen LogP contribution in [0.4, 0.5) is 0 Å². The van der Waals surface area contributed by atoms with Crippen molar-refractivity contribution < 1.29 is 27.9 Å². The van der Waals surface area contributed by atoms with Crippen LogP contribution in [0.3, 0.4) is 0 Å². The maximum Gasteiger partial charge on any atom is 0.276 e. The molecule has 5 rings (SSSR count). The zero-order valence-electron chi connectivity index (χ0n) is 19.3. The van der Waals surface area contributed by atoms with E-state index in [9.17, 15) is 23.1 Å². The highest BCUT2D eigenvalue weighted by Gasteiger charge is 2.60. The number of hydrogen-bond acceptors (Lipinski definition) is 7. The molecule has 0 spiro atoms. The van der Waals surface area contributed by atoms with E-state index in [1.807, 2.05) is 0 Å². The lowest BCUT2D eigenvalue weighted by atomic mass is 9.95. The molecule has 1 N–H and O–H groups in total. The van der Waals surface area contributed by atoms with Gasteiger partial charge in [0.2, 0.25) is 11.5 Å². The third-order valence-electron chi connectivity index (χ3n) is 6.31. The quantitative estimate of drug-likeness (QED) is 0.406. The van der Waals surface area contributed by atoms with Gasteiger partial charge in [0, 0.05) is 24.2 Å². The molecule has 3 aromatic carbocycles. The number of carbonyl (C=O) groups is 2. The van der Waals surface area contributed by atoms with Crippen LogP contribution in [-0.4, -0.2) is 60.7 Å². The number of carbonyl (C=O) groups excluding carboxylic acids is 2. The second kappa shape index (κ2) is 9.34. The number of hydrogen-bond donors (Lipinski definition) is 1. The summed E-state index contributed by atoms with van der Waals surface area (Å²) in [5, 5.41) is 12.4. The number of nitrogens with zero attached hydrogens (tertiary/aromatic N) is 2. The van der Waals surface area contributed by atoms with Crippen molar-refractivity contribution in [2.45, 2.75) is 10.6 Å². The minimum Gasteiger partial charge on any atom is -0.378 e. The van der Waals surface area contributed by atoms with Crippen molar-refractivity contribution in [3.63, 3.8) is 0 Å². The smallest absolute Gasteiger partial charge is 0.276 e. The van der Waals surface area contributed by atoms with Gasteiger partial charge in [0.1, 0.15) is 5.57 Å². The minimum atomic E-state index is -4.58. The second-order valence-electron chi connectivity index (χ2n) is 8.44. The van der Waals surface area contributed by atoms with Crippen LogP contribution in [0, 0.1) is 0 Å². The molecule has 9 heteroatoms. The van der Waals surface area contributed by atoms with Gasteiger partial charge in [-0.1, -0.05) is 78.9 Å². The third kappa shape index (κ3) is 3.81. The number of benzene rings is 3. The van der Waals surface area contributed by atoms with Crippen molar-refractivity contribution in [2.24, 2.45) is 0 Å². The Balaban J connectivity index is 1.80. The topological polar surface area (TPSA) is 104 Å². The summed E-state index contributed by atoms with van der Waals surface area (Å²) >= 11 is 0. The standard InChI is InChI=1S/C27H24N2O6S/c30-24(20-10-4-1-5-11-20)23-25(28-16-18-35-19-17-28)27(32,21-12-6-2-7-13-21)29(26(23)31)36(33,34)22-14-8-3-9-15-22/h1-15,32H,16-19H2. The van der Waals surface area contributed by atoms with Crippen molar-refractivity contribution in [1.29, 1.82) is 0 Å². The van der Waals surface area contributed by atoms with Gasteiger partial charge in [-0.05, 0) is 12.1 Å². The monoisotopic (exact) mass is 504 g/mol. The number of sulfonamides is 1. The van der Waals surface area contributed by atoms with Crippen molar-refractivity contribution in [3.05, 3.63) is 113 Å². The molecule has 8 nitrogen and oxygen atoms in total. The number of aliphatic hydroxyl groups is 1. The number of ketones is 1. The van der Waals surface area contributed by atoms with Gasteiger partial charge in [-0.15, -0.1) is 0 Å². The Morgan fingerprint density at radius 3 is 1.94 bits per heavy atom. The van der Waals surface area contributed by atoms with Gasteiger partial charge in [0.15, 0.2) is 0 Å². The largest absolute Gasteiger partial charge is 0.378 e. The first kappa shape index (κ1) is 23.9. The molecule has 2 heterocycles. The van der Waals surface area contributed by atoms with E-state index in [0.717, 1.165) is 0 Å². The second-order valence-corrected chi connectivity index (χ2v) is 10.2. The molecule has 0 radical (unpaired) electrons. The van der Waals surface area contributed by atoms with Crippen LogP contribution in [0.1, 0.15) is 15.9 Å². The van der Waals surface area contributed by atoms with Crippen LogP contribution < -0.4 is 0 Å². The van der Waals surface area contributed by atoms with Crippen molar-refractivity contribution in [3.8, 4) is 0 Å². The van der Waals surface area contributed by atoms with Gasteiger partial charge in [0.05, 0.1) is 23.8 Å². The molecule has 36 heavy (non-hydrogen) atoms. The van der Waals surface area contributed by atoms with Crippen LogP contribution >= 0.6 is 0 Å². The molecule has 2 aliphatic rings. The Kier molecular flexibility index (Phi) is 6.21. The van der Waals surface area contributed by atoms with Crippen molar-refractivity contribution in [1.82, 2.24) is 9.21 Å². The van der Waals surface area contributed by atoms with E-state index in [4.69, 9.17) is 4.74 Å². The molecule has 0 bridgehead atoms. The van der Waals surface area contributed by atoms with Gasteiger partial charge >= 0.3 is 0 Å². The SMILES string of the molecule is O=C(C1=C(N2CCOCC2)C(O)(c2ccccc2)N(S(=O)(=O)c2ccccc2)C1=O)c1ccccc1. The van der Waals surface area contributed by atoms with Crippen LogP contribution in [0.2, 0.25) is 0 Å². The molecular weight excluding hydrogens is 480 g/mol. The van der Waals surface area contributed by atoms with Gasteiger partial charge in [0.25, 0.3) is 15.9 Å². The molecule has 1 fully saturated rings. The summed E-state index contributed by atoms with van der Waals surface area (Å²) in [7, 11) is -4.58. The number of morpholine rings is 1. The molecule has 1 unspecified atom stereocenters. The van der Waals surface area contributed by atoms with E-state index in [1.54, 1.807) is 59.5 Å². The number of amides is 1. The Hall–Kier alpha value is -3.79. The first-order valence-electron chi connectivity index (χ1n) is 11.5. The summed E-state index contributed by atoms with van der Waals surface area (Å²) in [4.78, 5) is 29.3. The van der Waals surface area contributed by atoms with Crippen LogP contribution in [0.15, 0.2) is 107 Å². The number of Topliss-reactive ketones (excluding diaryl/α,β-unsaturated/α-hetero) is 1. The molecule has 0 saturated carbocycles. The lowest BCUT2D eigenvalue weighted by Gasteiger charge is -2.40. The molecular formula is C27H24N2O6S. The zero-order valence-corrected chi connectivity index (χ0v) is 20.1. The normalized spacial score (nSPS) is 20.6.